The van der Waals surface area contributed by atoms with Gasteiger partial charge in [-0.05, 0) is 75.3 Å². The average molecular weight is 815 g/mol. The molecule has 0 aromatic heterocycles. The molecule has 18 heteroatoms. The molecule has 4 N–H and O–H groups in total. The van der Waals surface area contributed by atoms with Crippen molar-refractivity contribution in [2.24, 2.45) is 5.92 Å². The summed E-state index contributed by atoms with van der Waals surface area (Å²) in [5, 5.41) is 6.05. The zero-order chi connectivity index (χ0) is 40.0. The van der Waals surface area contributed by atoms with Crippen LogP contribution in [0, 0.1) is 11.7 Å². The highest BCUT2D eigenvalue weighted by Gasteiger charge is 2.63. The molecule has 0 bridgehead atoms. The number of ether oxygens (including phenoxy) is 1. The number of allylic oxidation sites excluding steroid dienone is 1. The van der Waals surface area contributed by atoms with Crippen LogP contribution in [0.5, 0.6) is 0 Å². The lowest BCUT2D eigenvalue weighted by Gasteiger charge is -2.30. The largest absolute Gasteiger partial charge is 0.444 e. The van der Waals surface area contributed by atoms with E-state index in [0.717, 1.165) is 19.1 Å². The van der Waals surface area contributed by atoms with E-state index in [9.17, 15) is 40.4 Å². The molecular weight excluding hydrogens is 768 g/mol. The summed E-state index contributed by atoms with van der Waals surface area (Å²) < 4.78 is 74.0. The van der Waals surface area contributed by atoms with Crippen molar-refractivity contribution in [2.45, 2.75) is 106 Å². The lowest BCUT2D eigenvalue weighted by atomic mass is 10.0. The van der Waals surface area contributed by atoms with Gasteiger partial charge in [-0.15, -0.1) is 0 Å². The van der Waals surface area contributed by atoms with Crippen LogP contribution in [-0.4, -0.2) is 91.7 Å². The van der Waals surface area contributed by atoms with E-state index in [0.29, 0.717) is 48.9 Å². The number of rotatable bonds is 8. The number of halogens is 1. The summed E-state index contributed by atoms with van der Waals surface area (Å²) in [7, 11) is -7.62. The van der Waals surface area contributed by atoms with Gasteiger partial charge in [0.2, 0.25) is 31.9 Å². The number of hydrogen-bond acceptors (Lipinski definition) is 10. The monoisotopic (exact) mass is 814 g/mol. The molecule has 1 saturated heterocycles. The van der Waals surface area contributed by atoms with Crippen LogP contribution >= 0.6 is 0 Å². The molecule has 3 aliphatic heterocycles. The summed E-state index contributed by atoms with van der Waals surface area (Å²) in [6.07, 6.45) is 7.09. The zero-order valence-corrected chi connectivity index (χ0v) is 32.9. The second-order valence-electron chi connectivity index (χ2n) is 15.9. The van der Waals surface area contributed by atoms with Gasteiger partial charge in [-0.2, -0.15) is 0 Å². The van der Waals surface area contributed by atoms with Crippen LogP contribution in [0.2, 0.25) is 0 Å². The van der Waals surface area contributed by atoms with Gasteiger partial charge >= 0.3 is 6.09 Å². The lowest BCUT2D eigenvalue weighted by Crippen LogP contribution is -2.58. The van der Waals surface area contributed by atoms with E-state index in [4.69, 9.17) is 4.74 Å². The number of amides is 4. The number of benzene rings is 2. The van der Waals surface area contributed by atoms with Crippen LogP contribution < -0.4 is 20.1 Å². The topological polar surface area (TPSA) is 200 Å². The highest BCUT2D eigenvalue weighted by atomic mass is 32.2. The van der Waals surface area contributed by atoms with E-state index in [1.807, 2.05) is 12.2 Å². The number of sulfonamides is 2. The maximum Gasteiger partial charge on any atom is 0.410 e. The third-order valence-corrected chi connectivity index (χ3v) is 14.2. The number of anilines is 2. The minimum Gasteiger partial charge on any atom is -0.444 e. The molecule has 2 saturated carbocycles. The molecule has 2 aliphatic carbocycles. The van der Waals surface area contributed by atoms with Crippen molar-refractivity contribution in [1.82, 2.24) is 19.8 Å². The third kappa shape index (κ3) is 8.36. The molecular formula is C38H47FN6O9S2. The fourth-order valence-corrected chi connectivity index (χ4v) is 9.63. The Balaban J connectivity index is 1.16. The zero-order valence-electron chi connectivity index (χ0n) is 31.3. The molecule has 5 atom stereocenters. The molecule has 2 aromatic carbocycles. The van der Waals surface area contributed by atoms with Crippen molar-refractivity contribution in [1.29, 1.82) is 0 Å². The number of carbonyl (C=O) groups is 4. The summed E-state index contributed by atoms with van der Waals surface area (Å²) in [6, 6.07) is 8.93. The summed E-state index contributed by atoms with van der Waals surface area (Å²) in [4.78, 5) is 58.9. The van der Waals surface area contributed by atoms with E-state index in [-0.39, 0.29) is 38.2 Å². The fraction of sp³-hybridized carbons (Fsp3) is 0.526. The maximum atomic E-state index is 14.6. The van der Waals surface area contributed by atoms with Crippen LogP contribution in [0.15, 0.2) is 54.6 Å². The predicted octanol–water partition coefficient (Wildman–Crippen LogP) is 3.49. The smallest absolute Gasteiger partial charge is 0.410 e. The molecule has 0 unspecified atom stereocenters. The Morgan fingerprint density at radius 3 is 2.48 bits per heavy atom. The van der Waals surface area contributed by atoms with Gasteiger partial charge in [0.1, 0.15) is 29.5 Å². The van der Waals surface area contributed by atoms with E-state index in [1.54, 1.807) is 43.3 Å². The van der Waals surface area contributed by atoms with Gasteiger partial charge in [-0.25, -0.2) is 26.0 Å². The second-order valence-corrected chi connectivity index (χ2v) is 19.8. The van der Waals surface area contributed by atoms with E-state index >= 15 is 0 Å². The standard InChI is InChI=1S/C38H47FN6O9S2/c1-37(16-17-37)56(52,53)43-35(48)38-20-25(38)11-6-4-3-5-7-15-31(40-26-12-9-13-27(18-26)42-55(2,50)51)34(47)45-22-28(19-32(45)33(46)41-38)54-36(49)44-21-24-10-8-14-30(39)29(24)23-44/h6,8-14,18,25,28,31-32,40,42H,3-5,7,15-17,19-23H2,1-2H3,(H,41,46)(H,43,48)/b11-6-/t25-,28+,31-,32-,38+/m0/s1. The van der Waals surface area contributed by atoms with Gasteiger partial charge in [0, 0.05) is 30.1 Å². The van der Waals surface area contributed by atoms with Crippen LogP contribution in [0.1, 0.15) is 75.8 Å². The van der Waals surface area contributed by atoms with Gasteiger partial charge < -0.3 is 20.3 Å². The molecule has 3 heterocycles. The Labute approximate surface area is 325 Å². The van der Waals surface area contributed by atoms with Crippen molar-refractivity contribution >= 4 is 55.2 Å². The second kappa shape index (κ2) is 15.0. The summed E-state index contributed by atoms with van der Waals surface area (Å²) in [5.74, 6) is -2.96. The highest BCUT2D eigenvalue weighted by molar-refractivity contribution is 7.92. The van der Waals surface area contributed by atoms with E-state index in [2.05, 4.69) is 20.1 Å². The maximum absolute atomic E-state index is 14.6. The molecule has 2 aromatic rings. The number of nitrogens with one attached hydrogen (secondary N) is 4. The third-order valence-electron chi connectivity index (χ3n) is 11.4. The predicted molar refractivity (Wildman–Crippen MR) is 204 cm³/mol. The molecule has 4 amide bonds. The quantitative estimate of drug-likeness (QED) is 0.286. The van der Waals surface area contributed by atoms with Crippen LogP contribution in [0.25, 0.3) is 0 Å². The lowest BCUT2D eigenvalue weighted by molar-refractivity contribution is -0.140. The van der Waals surface area contributed by atoms with Crippen molar-refractivity contribution < 1.29 is 45.1 Å². The van der Waals surface area contributed by atoms with Crippen LogP contribution in [-0.2, 0) is 52.3 Å². The molecule has 56 heavy (non-hydrogen) atoms. The minimum atomic E-state index is -4.03. The number of carbonyl (C=O) groups excluding carboxylic acids is 4. The first-order valence-corrected chi connectivity index (χ1v) is 22.3. The van der Waals surface area contributed by atoms with E-state index in [1.165, 1.54) is 15.9 Å². The Hall–Kier alpha value is -4.71. The Morgan fingerprint density at radius 1 is 1.00 bits per heavy atom. The molecule has 0 spiro atoms. The number of hydrogen-bond donors (Lipinski definition) is 4. The highest BCUT2D eigenvalue weighted by Crippen LogP contribution is 2.47. The number of fused-ring (bicyclic) bond motifs is 3. The molecule has 7 rings (SSSR count). The van der Waals surface area contributed by atoms with Gasteiger partial charge in [0.15, 0.2) is 0 Å². The van der Waals surface area contributed by atoms with E-state index < -0.39 is 84.1 Å². The van der Waals surface area contributed by atoms with Crippen molar-refractivity contribution in [3.63, 3.8) is 0 Å². The van der Waals surface area contributed by atoms with Crippen LogP contribution in [0.3, 0.4) is 0 Å². The Kier molecular flexibility index (Phi) is 10.6. The molecule has 302 valence electrons. The molecule has 15 nitrogen and oxygen atoms in total. The van der Waals surface area contributed by atoms with Crippen molar-refractivity contribution in [3.05, 3.63) is 71.6 Å². The minimum absolute atomic E-state index is 0.00609. The molecule has 5 aliphatic rings. The summed E-state index contributed by atoms with van der Waals surface area (Å²) >= 11 is 0. The van der Waals surface area contributed by atoms with Gasteiger partial charge in [-0.3, -0.25) is 28.7 Å². The SMILES string of the molecule is CC1(S(=O)(=O)NC(=O)[C@@]23C[C@@H]2/C=C\CCCCC[C@H](Nc2cccc(NS(C)(=O)=O)c2)C(=O)N2C[C@H](OC(=O)N4Cc5cccc(F)c5C4)C[C@H]2C(=O)N3)CC1. The number of nitrogens with zero attached hydrogens (tertiary/aromatic N) is 2. The van der Waals surface area contributed by atoms with Gasteiger partial charge in [0.25, 0.3) is 5.91 Å². The first-order chi connectivity index (χ1) is 26.5. The molecule has 3 fully saturated rings. The Morgan fingerprint density at radius 2 is 1.75 bits per heavy atom. The van der Waals surface area contributed by atoms with Crippen molar-refractivity contribution in [3.8, 4) is 0 Å². The van der Waals surface area contributed by atoms with Gasteiger partial charge in [0.05, 0.1) is 29.8 Å². The first-order valence-electron chi connectivity index (χ1n) is 18.9. The summed E-state index contributed by atoms with van der Waals surface area (Å²) in [5.41, 5.74) is 0.185. The molecule has 0 radical (unpaired) electrons. The summed E-state index contributed by atoms with van der Waals surface area (Å²) in [6.45, 7) is 1.51. The normalized spacial score (nSPS) is 28.0. The van der Waals surface area contributed by atoms with Gasteiger partial charge in [-0.1, -0.05) is 43.2 Å². The van der Waals surface area contributed by atoms with Crippen molar-refractivity contribution in [2.75, 3.05) is 22.8 Å². The average Bonchev–Trinajstić information content (AvgIpc) is 3.92. The van der Waals surface area contributed by atoms with Crippen LogP contribution in [0.4, 0.5) is 20.6 Å². The first kappa shape index (κ1) is 39.5. The Bertz CT molecular complexity index is 2180. The fourth-order valence-electron chi connectivity index (χ4n) is 7.76.